The first-order valence-electron chi connectivity index (χ1n) is 7.05. The van der Waals surface area contributed by atoms with Crippen LogP contribution < -0.4 is 5.32 Å². The number of methoxy groups -OCH3 is 1. The van der Waals surface area contributed by atoms with Gasteiger partial charge in [0.2, 0.25) is 0 Å². The summed E-state index contributed by atoms with van der Waals surface area (Å²) in [4.78, 5) is 28.8. The molecular formula is C16H16N2O3S. The second-order valence-corrected chi connectivity index (χ2v) is 6.29. The summed E-state index contributed by atoms with van der Waals surface area (Å²) in [6, 6.07) is 6.61. The molecule has 0 radical (unpaired) electrons. The first-order valence-corrected chi connectivity index (χ1v) is 7.87. The van der Waals surface area contributed by atoms with Gasteiger partial charge in [0.15, 0.2) is 0 Å². The van der Waals surface area contributed by atoms with Crippen molar-refractivity contribution < 1.29 is 14.3 Å². The van der Waals surface area contributed by atoms with Crippen LogP contribution in [0.3, 0.4) is 0 Å². The molecule has 2 aromatic rings. The number of ether oxygens (including phenoxy) is 1. The second-order valence-electron chi connectivity index (χ2n) is 5.26. The molecule has 3 rings (SSSR count). The zero-order valence-electron chi connectivity index (χ0n) is 12.4. The van der Waals surface area contributed by atoms with Gasteiger partial charge in [-0.15, -0.1) is 11.3 Å². The van der Waals surface area contributed by atoms with Crippen LogP contribution in [0.2, 0.25) is 0 Å². The van der Waals surface area contributed by atoms with Crippen molar-refractivity contribution in [1.29, 1.82) is 0 Å². The lowest BCUT2D eigenvalue weighted by Crippen LogP contribution is -2.11. The molecule has 1 aliphatic carbocycles. The van der Waals surface area contributed by atoms with Gasteiger partial charge in [0.1, 0.15) is 4.88 Å². The maximum absolute atomic E-state index is 12.3. The number of benzene rings is 1. The summed E-state index contributed by atoms with van der Waals surface area (Å²) in [5.41, 5.74) is 1.86. The zero-order chi connectivity index (χ0) is 15.7. The number of rotatable bonds is 4. The number of hydrogen-bond donors (Lipinski definition) is 1. The van der Waals surface area contributed by atoms with E-state index in [0.717, 1.165) is 10.7 Å². The van der Waals surface area contributed by atoms with E-state index in [0.29, 0.717) is 22.0 Å². The highest BCUT2D eigenvalue weighted by molar-refractivity contribution is 7.14. The lowest BCUT2D eigenvalue weighted by atomic mass is 10.2. The standard InChI is InChI=1S/C16H16N2O3S/c1-9-13(22-15(17-9)10-3-4-10)14(19)18-12-7-5-11(6-8-12)16(20)21-2/h5-8,10H,3-4H2,1-2H3,(H,18,19). The summed E-state index contributed by atoms with van der Waals surface area (Å²) in [5, 5.41) is 3.89. The summed E-state index contributed by atoms with van der Waals surface area (Å²) < 4.78 is 4.64. The number of aryl methyl sites for hydroxylation is 1. The number of carbonyl (C=O) groups excluding carboxylic acids is 2. The number of nitrogens with zero attached hydrogens (tertiary/aromatic N) is 1. The van der Waals surface area contributed by atoms with Crippen molar-refractivity contribution in [2.75, 3.05) is 12.4 Å². The summed E-state index contributed by atoms with van der Waals surface area (Å²) in [6.45, 7) is 1.86. The number of carbonyl (C=O) groups is 2. The Balaban J connectivity index is 1.72. The van der Waals surface area contributed by atoms with Crippen LogP contribution in [0.1, 0.15) is 49.5 Å². The monoisotopic (exact) mass is 316 g/mol. The lowest BCUT2D eigenvalue weighted by molar-refractivity contribution is 0.0600. The average Bonchev–Trinajstić information content (AvgIpc) is 3.30. The van der Waals surface area contributed by atoms with Crippen LogP contribution in [0.4, 0.5) is 5.69 Å². The molecule has 0 bridgehead atoms. The van der Waals surface area contributed by atoms with E-state index in [-0.39, 0.29) is 5.91 Å². The van der Waals surface area contributed by atoms with Gasteiger partial charge in [0, 0.05) is 11.6 Å². The van der Waals surface area contributed by atoms with Gasteiger partial charge < -0.3 is 10.1 Å². The van der Waals surface area contributed by atoms with Crippen molar-refractivity contribution in [3.05, 3.63) is 45.4 Å². The fourth-order valence-corrected chi connectivity index (χ4v) is 3.26. The Kier molecular flexibility index (Phi) is 3.94. The lowest BCUT2D eigenvalue weighted by Gasteiger charge is -2.05. The maximum atomic E-state index is 12.3. The summed E-state index contributed by atoms with van der Waals surface area (Å²) in [5.74, 6) is -0.0115. The molecule has 1 aromatic heterocycles. The second kappa shape index (κ2) is 5.88. The van der Waals surface area contributed by atoms with E-state index >= 15 is 0 Å². The summed E-state index contributed by atoms with van der Waals surface area (Å²) in [6.07, 6.45) is 2.34. The van der Waals surface area contributed by atoms with E-state index < -0.39 is 5.97 Å². The van der Waals surface area contributed by atoms with E-state index in [1.165, 1.54) is 31.3 Å². The Labute approximate surface area is 132 Å². The van der Waals surface area contributed by atoms with E-state index in [4.69, 9.17) is 0 Å². The van der Waals surface area contributed by atoms with Gasteiger partial charge in [-0.25, -0.2) is 9.78 Å². The van der Waals surface area contributed by atoms with Crippen LogP contribution in [-0.2, 0) is 4.74 Å². The van der Waals surface area contributed by atoms with Crippen molar-refractivity contribution >= 4 is 28.9 Å². The Hall–Kier alpha value is -2.21. The molecule has 5 nitrogen and oxygen atoms in total. The van der Waals surface area contributed by atoms with Gasteiger partial charge >= 0.3 is 5.97 Å². The van der Waals surface area contributed by atoms with Crippen LogP contribution in [0.15, 0.2) is 24.3 Å². The molecule has 22 heavy (non-hydrogen) atoms. The van der Waals surface area contributed by atoms with Crippen LogP contribution in [-0.4, -0.2) is 24.0 Å². The number of amides is 1. The third kappa shape index (κ3) is 3.01. The molecule has 1 amide bonds. The predicted molar refractivity (Wildman–Crippen MR) is 84.6 cm³/mol. The fraction of sp³-hybridized carbons (Fsp3) is 0.312. The van der Waals surface area contributed by atoms with E-state index in [1.54, 1.807) is 24.3 Å². The van der Waals surface area contributed by atoms with Crippen LogP contribution in [0.25, 0.3) is 0 Å². The molecule has 1 N–H and O–H groups in total. The molecule has 0 aliphatic heterocycles. The highest BCUT2D eigenvalue weighted by atomic mass is 32.1. The van der Waals surface area contributed by atoms with Crippen LogP contribution in [0, 0.1) is 6.92 Å². The van der Waals surface area contributed by atoms with Gasteiger partial charge in [-0.2, -0.15) is 0 Å². The molecule has 0 saturated heterocycles. The maximum Gasteiger partial charge on any atom is 0.337 e. The number of esters is 1. The quantitative estimate of drug-likeness (QED) is 0.878. The van der Waals surface area contributed by atoms with E-state index in [9.17, 15) is 9.59 Å². The molecule has 6 heteroatoms. The highest BCUT2D eigenvalue weighted by Gasteiger charge is 2.28. The third-order valence-electron chi connectivity index (χ3n) is 3.51. The number of anilines is 1. The Morgan fingerprint density at radius 3 is 2.55 bits per heavy atom. The normalized spacial score (nSPS) is 13.7. The van der Waals surface area contributed by atoms with Gasteiger partial charge in [-0.05, 0) is 44.0 Å². The minimum absolute atomic E-state index is 0.160. The number of thiazole rings is 1. The molecule has 114 valence electrons. The van der Waals surface area contributed by atoms with Crippen molar-refractivity contribution in [1.82, 2.24) is 4.98 Å². The van der Waals surface area contributed by atoms with Crippen molar-refractivity contribution in [2.24, 2.45) is 0 Å². The average molecular weight is 316 g/mol. The van der Waals surface area contributed by atoms with Gasteiger partial charge in [0.25, 0.3) is 5.91 Å². The number of aromatic nitrogens is 1. The SMILES string of the molecule is COC(=O)c1ccc(NC(=O)c2sc(C3CC3)nc2C)cc1. The molecule has 1 heterocycles. The predicted octanol–water partition coefficient (Wildman–Crippen LogP) is 3.37. The largest absolute Gasteiger partial charge is 0.465 e. The Morgan fingerprint density at radius 1 is 1.27 bits per heavy atom. The van der Waals surface area contributed by atoms with Gasteiger partial charge in [-0.1, -0.05) is 0 Å². The Morgan fingerprint density at radius 2 is 1.95 bits per heavy atom. The summed E-state index contributed by atoms with van der Waals surface area (Å²) in [7, 11) is 1.34. The van der Waals surface area contributed by atoms with Crippen molar-refractivity contribution in [3.63, 3.8) is 0 Å². The molecular weight excluding hydrogens is 300 g/mol. The smallest absolute Gasteiger partial charge is 0.337 e. The van der Waals surface area contributed by atoms with Crippen molar-refractivity contribution in [3.8, 4) is 0 Å². The molecule has 0 atom stereocenters. The molecule has 1 aromatic carbocycles. The summed E-state index contributed by atoms with van der Waals surface area (Å²) >= 11 is 1.47. The molecule has 0 unspecified atom stereocenters. The first kappa shape index (κ1) is 14.7. The van der Waals surface area contributed by atoms with Crippen molar-refractivity contribution in [2.45, 2.75) is 25.7 Å². The minimum atomic E-state index is -0.398. The van der Waals surface area contributed by atoms with E-state index in [2.05, 4.69) is 15.0 Å². The first-order chi connectivity index (χ1) is 10.6. The molecule has 0 spiro atoms. The highest BCUT2D eigenvalue weighted by Crippen LogP contribution is 2.42. The number of nitrogens with one attached hydrogen (secondary N) is 1. The minimum Gasteiger partial charge on any atom is -0.465 e. The number of hydrogen-bond acceptors (Lipinski definition) is 5. The Bertz CT molecular complexity index is 717. The third-order valence-corrected chi connectivity index (χ3v) is 4.83. The van der Waals surface area contributed by atoms with Crippen LogP contribution >= 0.6 is 11.3 Å². The fourth-order valence-electron chi connectivity index (χ4n) is 2.13. The molecule has 1 aliphatic rings. The molecule has 1 saturated carbocycles. The van der Waals surface area contributed by atoms with Crippen LogP contribution in [0.5, 0.6) is 0 Å². The topological polar surface area (TPSA) is 68.3 Å². The van der Waals surface area contributed by atoms with Gasteiger partial charge in [-0.3, -0.25) is 4.79 Å². The zero-order valence-corrected chi connectivity index (χ0v) is 13.2. The molecule has 1 fully saturated rings. The van der Waals surface area contributed by atoms with E-state index in [1.807, 2.05) is 6.92 Å². The van der Waals surface area contributed by atoms with Gasteiger partial charge in [0.05, 0.1) is 23.4 Å².